The van der Waals surface area contributed by atoms with Crippen LogP contribution in [0.3, 0.4) is 0 Å². The summed E-state index contributed by atoms with van der Waals surface area (Å²) in [6.45, 7) is 4.60. The fourth-order valence-electron chi connectivity index (χ4n) is 3.48. The van der Waals surface area contributed by atoms with Crippen molar-refractivity contribution in [2.24, 2.45) is 0 Å². The van der Waals surface area contributed by atoms with E-state index in [0.717, 1.165) is 0 Å². The van der Waals surface area contributed by atoms with Crippen LogP contribution in [0, 0.1) is 6.92 Å². The highest BCUT2D eigenvalue weighted by molar-refractivity contribution is 5.99. The van der Waals surface area contributed by atoms with Gasteiger partial charge < -0.3 is 14.9 Å². The molecule has 0 aliphatic rings. The van der Waals surface area contributed by atoms with E-state index in [1.165, 1.54) is 32.0 Å². The minimum Gasteiger partial charge on any atom is -0.373 e. The number of amides is 1. The zero-order valence-electron chi connectivity index (χ0n) is 17.1. The molecular formula is C22H21F3N2O4. The van der Waals surface area contributed by atoms with E-state index < -0.39 is 35.1 Å². The molecule has 0 bridgehead atoms. The van der Waals surface area contributed by atoms with Gasteiger partial charge in [0.15, 0.2) is 0 Å². The Kier molecular flexibility index (Phi) is 5.66. The number of rotatable bonds is 5. The molecule has 0 saturated heterocycles. The van der Waals surface area contributed by atoms with Gasteiger partial charge in [-0.3, -0.25) is 4.79 Å². The second-order valence-corrected chi connectivity index (χ2v) is 8.05. The average molecular weight is 434 g/mol. The molecule has 1 unspecified atom stereocenters. The van der Waals surface area contributed by atoms with E-state index in [-0.39, 0.29) is 11.1 Å². The minimum atomic E-state index is -5.22. The number of aliphatic hydroxyl groups is 1. The number of fused-ring (bicyclic) bond motifs is 1. The van der Waals surface area contributed by atoms with Crippen molar-refractivity contribution in [3.05, 3.63) is 70.2 Å². The highest BCUT2D eigenvalue weighted by atomic mass is 19.4. The molecular weight excluding hydrogens is 413 g/mol. The fraction of sp³-hybridized carbons (Fsp3) is 0.318. The molecule has 3 rings (SSSR count). The number of carbonyl (C=O) groups is 1. The molecule has 1 atom stereocenters. The second-order valence-electron chi connectivity index (χ2n) is 8.05. The van der Waals surface area contributed by atoms with Gasteiger partial charge in [-0.15, -0.1) is 0 Å². The van der Waals surface area contributed by atoms with Gasteiger partial charge in [-0.05, 0) is 36.1 Å². The molecule has 1 aromatic heterocycles. The molecule has 0 saturated carbocycles. The summed E-state index contributed by atoms with van der Waals surface area (Å²) < 4.78 is 46.3. The van der Waals surface area contributed by atoms with Crippen molar-refractivity contribution < 1.29 is 27.6 Å². The molecule has 6 nitrogen and oxygen atoms in total. The predicted molar refractivity (Wildman–Crippen MR) is 109 cm³/mol. The first-order valence-corrected chi connectivity index (χ1v) is 9.41. The maximum Gasteiger partial charge on any atom is 0.426 e. The van der Waals surface area contributed by atoms with Gasteiger partial charge in [-0.1, -0.05) is 49.3 Å². The standard InChI is InChI=1S/C22H21F3N2O4/c1-13-17-11-15(9-10-16(17)18(28)31-27-13)26-19(29)21(30,22(23,24)25)12-20(2,3)14-7-5-4-6-8-14/h4-11,30H,12H2,1-3H3,(H,26,29). The topological polar surface area (TPSA) is 92.4 Å². The van der Waals surface area contributed by atoms with Crippen LogP contribution in [0.4, 0.5) is 18.9 Å². The number of aromatic nitrogens is 1. The Balaban J connectivity index is 1.96. The Morgan fingerprint density at radius 1 is 1.10 bits per heavy atom. The number of anilines is 1. The van der Waals surface area contributed by atoms with Gasteiger partial charge in [0.05, 0.1) is 11.1 Å². The van der Waals surface area contributed by atoms with Crippen LogP contribution in [0.25, 0.3) is 10.8 Å². The molecule has 0 radical (unpaired) electrons. The summed E-state index contributed by atoms with van der Waals surface area (Å²) in [4.78, 5) is 24.4. The smallest absolute Gasteiger partial charge is 0.373 e. The van der Waals surface area contributed by atoms with Crippen LogP contribution in [-0.2, 0) is 10.2 Å². The van der Waals surface area contributed by atoms with Crippen molar-refractivity contribution in [3.63, 3.8) is 0 Å². The Bertz CT molecular complexity index is 1170. The first-order chi connectivity index (χ1) is 14.3. The second kappa shape index (κ2) is 7.81. The van der Waals surface area contributed by atoms with Gasteiger partial charge in [-0.2, -0.15) is 13.2 Å². The summed E-state index contributed by atoms with van der Waals surface area (Å²) in [6, 6.07) is 12.2. The third kappa shape index (κ3) is 4.32. The van der Waals surface area contributed by atoms with E-state index in [9.17, 15) is 27.9 Å². The molecule has 0 aliphatic carbocycles. The lowest BCUT2D eigenvalue weighted by atomic mass is 9.74. The number of halogens is 3. The van der Waals surface area contributed by atoms with Crippen molar-refractivity contribution in [2.45, 2.75) is 44.4 Å². The van der Waals surface area contributed by atoms with Gasteiger partial charge in [0.2, 0.25) is 5.60 Å². The summed E-state index contributed by atoms with van der Waals surface area (Å²) >= 11 is 0. The maximum absolute atomic E-state index is 13.9. The molecule has 0 aliphatic heterocycles. The van der Waals surface area contributed by atoms with Crippen LogP contribution < -0.4 is 10.9 Å². The summed E-state index contributed by atoms with van der Waals surface area (Å²) in [5, 5.41) is 16.8. The van der Waals surface area contributed by atoms with Crippen LogP contribution in [0.15, 0.2) is 57.8 Å². The van der Waals surface area contributed by atoms with Crippen LogP contribution in [-0.4, -0.2) is 27.9 Å². The van der Waals surface area contributed by atoms with Gasteiger partial charge in [0, 0.05) is 17.5 Å². The summed E-state index contributed by atoms with van der Waals surface area (Å²) in [7, 11) is 0. The van der Waals surface area contributed by atoms with E-state index in [0.29, 0.717) is 16.6 Å². The van der Waals surface area contributed by atoms with Crippen LogP contribution in [0.5, 0.6) is 0 Å². The van der Waals surface area contributed by atoms with Gasteiger partial charge in [0.1, 0.15) is 0 Å². The quantitative estimate of drug-likeness (QED) is 0.631. The van der Waals surface area contributed by atoms with Crippen LogP contribution >= 0.6 is 0 Å². The minimum absolute atomic E-state index is 0.0202. The lowest BCUT2D eigenvalue weighted by Crippen LogP contribution is -2.57. The number of nitrogens with zero attached hydrogens (tertiary/aromatic N) is 1. The lowest BCUT2D eigenvalue weighted by molar-refractivity contribution is -0.254. The Hall–Kier alpha value is -3.20. The number of hydrogen-bond acceptors (Lipinski definition) is 5. The SMILES string of the molecule is Cc1noc(=O)c2ccc(NC(=O)C(O)(CC(C)(C)c3ccccc3)C(F)(F)F)cc12. The number of hydrogen-bond donors (Lipinski definition) is 2. The number of alkyl halides is 3. The molecule has 9 heteroatoms. The fourth-order valence-corrected chi connectivity index (χ4v) is 3.48. The monoisotopic (exact) mass is 434 g/mol. The molecule has 2 aromatic carbocycles. The number of nitrogens with one attached hydrogen (secondary N) is 1. The number of aryl methyl sites for hydroxylation is 1. The number of benzene rings is 2. The van der Waals surface area contributed by atoms with Gasteiger partial charge in [0.25, 0.3) is 5.91 Å². The lowest BCUT2D eigenvalue weighted by Gasteiger charge is -2.36. The highest BCUT2D eigenvalue weighted by Gasteiger charge is 2.61. The predicted octanol–water partition coefficient (Wildman–Crippen LogP) is 4.10. The first kappa shape index (κ1) is 22.5. The summed E-state index contributed by atoms with van der Waals surface area (Å²) in [5.74, 6) is -1.61. The molecule has 31 heavy (non-hydrogen) atoms. The zero-order chi connectivity index (χ0) is 23.0. The summed E-state index contributed by atoms with van der Waals surface area (Å²) in [5.41, 5.74) is -4.68. The Morgan fingerprint density at radius 2 is 1.74 bits per heavy atom. The van der Waals surface area contributed by atoms with Crippen molar-refractivity contribution in [1.82, 2.24) is 5.16 Å². The number of carbonyl (C=O) groups excluding carboxylic acids is 1. The Labute approximate surface area is 175 Å². The summed E-state index contributed by atoms with van der Waals surface area (Å²) in [6.07, 6.45) is -6.12. The third-order valence-corrected chi connectivity index (χ3v) is 5.25. The van der Waals surface area contributed by atoms with E-state index in [4.69, 9.17) is 0 Å². The molecule has 3 aromatic rings. The molecule has 2 N–H and O–H groups in total. The van der Waals surface area contributed by atoms with E-state index in [2.05, 4.69) is 15.0 Å². The molecule has 1 amide bonds. The zero-order valence-corrected chi connectivity index (χ0v) is 17.1. The van der Waals surface area contributed by atoms with Crippen molar-refractivity contribution in [3.8, 4) is 0 Å². The first-order valence-electron chi connectivity index (χ1n) is 9.41. The van der Waals surface area contributed by atoms with Gasteiger partial charge in [-0.25, -0.2) is 4.79 Å². The highest BCUT2D eigenvalue weighted by Crippen LogP contribution is 2.42. The van der Waals surface area contributed by atoms with Gasteiger partial charge >= 0.3 is 11.8 Å². The van der Waals surface area contributed by atoms with Crippen molar-refractivity contribution >= 4 is 22.4 Å². The molecule has 1 heterocycles. The van der Waals surface area contributed by atoms with E-state index in [1.807, 2.05) is 0 Å². The average Bonchev–Trinajstić information content (AvgIpc) is 2.70. The van der Waals surface area contributed by atoms with Crippen molar-refractivity contribution in [2.75, 3.05) is 5.32 Å². The van der Waals surface area contributed by atoms with E-state index in [1.54, 1.807) is 37.3 Å². The molecule has 164 valence electrons. The van der Waals surface area contributed by atoms with E-state index >= 15 is 0 Å². The third-order valence-electron chi connectivity index (χ3n) is 5.25. The normalized spacial score (nSPS) is 14.3. The largest absolute Gasteiger partial charge is 0.426 e. The Morgan fingerprint density at radius 3 is 2.35 bits per heavy atom. The van der Waals surface area contributed by atoms with Crippen LogP contribution in [0.2, 0.25) is 0 Å². The van der Waals surface area contributed by atoms with Crippen molar-refractivity contribution in [1.29, 1.82) is 0 Å². The van der Waals surface area contributed by atoms with Crippen LogP contribution in [0.1, 0.15) is 31.5 Å². The maximum atomic E-state index is 13.9. The molecule has 0 spiro atoms. The molecule has 0 fully saturated rings.